The molecular formula is C23H18F6N8O. The third-order valence-electron chi connectivity index (χ3n) is 6.35. The zero-order valence-electron chi connectivity index (χ0n) is 19.5. The highest BCUT2D eigenvalue weighted by atomic mass is 19.4. The van der Waals surface area contributed by atoms with Crippen LogP contribution >= 0.6 is 0 Å². The maximum absolute atomic E-state index is 13.0. The molecule has 0 saturated heterocycles. The molecule has 0 radical (unpaired) electrons. The number of anilines is 2. The van der Waals surface area contributed by atoms with E-state index in [4.69, 9.17) is 5.73 Å². The van der Waals surface area contributed by atoms with Gasteiger partial charge < -0.3 is 11.1 Å². The summed E-state index contributed by atoms with van der Waals surface area (Å²) in [6.45, 7) is 1.49. The quantitative estimate of drug-likeness (QED) is 0.364. The molecule has 1 unspecified atom stereocenters. The van der Waals surface area contributed by atoms with Gasteiger partial charge in [0.05, 0.1) is 23.0 Å². The number of fused-ring (bicyclic) bond motifs is 2. The number of hydrogen-bond acceptors (Lipinski definition) is 7. The highest BCUT2D eigenvalue weighted by Gasteiger charge is 2.48. The van der Waals surface area contributed by atoms with E-state index in [1.165, 1.54) is 36.1 Å². The molecule has 5 rings (SSSR count). The van der Waals surface area contributed by atoms with Gasteiger partial charge in [-0.25, -0.2) is 24.5 Å². The molecular weight excluding hydrogens is 518 g/mol. The topological polar surface area (TPSA) is 124 Å². The van der Waals surface area contributed by atoms with Gasteiger partial charge in [-0.15, -0.1) is 0 Å². The number of aryl methyl sites for hydroxylation is 1. The summed E-state index contributed by atoms with van der Waals surface area (Å²) >= 11 is 0. The summed E-state index contributed by atoms with van der Waals surface area (Å²) in [6, 6.07) is 4.13. The summed E-state index contributed by atoms with van der Waals surface area (Å²) in [5, 5.41) is 6.62. The van der Waals surface area contributed by atoms with Crippen LogP contribution < -0.4 is 11.1 Å². The Balaban J connectivity index is 1.54. The number of rotatable bonds is 5. The van der Waals surface area contributed by atoms with Crippen LogP contribution in [0.5, 0.6) is 0 Å². The third kappa shape index (κ3) is 4.37. The van der Waals surface area contributed by atoms with E-state index in [2.05, 4.69) is 30.4 Å². The molecule has 38 heavy (non-hydrogen) atoms. The largest absolute Gasteiger partial charge is 0.416 e. The van der Waals surface area contributed by atoms with E-state index in [-0.39, 0.29) is 58.5 Å². The van der Waals surface area contributed by atoms with Crippen LogP contribution in [0.3, 0.4) is 0 Å². The molecule has 1 amide bonds. The van der Waals surface area contributed by atoms with Gasteiger partial charge in [0.1, 0.15) is 29.1 Å². The van der Waals surface area contributed by atoms with Gasteiger partial charge >= 0.3 is 12.4 Å². The number of carbonyl (C=O) groups excluding carboxylic acids is 1. The number of aromatic nitrogens is 6. The minimum Gasteiger partial charge on any atom is -0.383 e. The van der Waals surface area contributed by atoms with Crippen LogP contribution in [0.4, 0.5) is 38.0 Å². The maximum Gasteiger partial charge on any atom is 0.416 e. The first kappa shape index (κ1) is 25.4. The van der Waals surface area contributed by atoms with Crippen LogP contribution in [-0.4, -0.2) is 41.6 Å². The standard InChI is InChI=1S/C23H18F6N8O/c1-21(11-4-6-12(7-5-11)23(27,28)29)15-16(30)34-17(35-18(15)36-20(21)38)14-9-37-19(31-10-32-37)13(33-14)3-2-8-22(24,25)26/h4-7,9-10H,2-3,8H2,1H3,(H3,30,34,35,36,38). The van der Waals surface area contributed by atoms with Crippen molar-refractivity contribution in [3.63, 3.8) is 0 Å². The predicted octanol–water partition coefficient (Wildman–Crippen LogP) is 4.33. The molecule has 3 aromatic heterocycles. The smallest absolute Gasteiger partial charge is 0.383 e. The summed E-state index contributed by atoms with van der Waals surface area (Å²) in [5.41, 5.74) is 4.95. The molecule has 0 saturated carbocycles. The average Bonchev–Trinajstić information content (AvgIpc) is 3.40. The van der Waals surface area contributed by atoms with E-state index in [1.807, 2.05) is 0 Å². The Morgan fingerprint density at radius 2 is 1.76 bits per heavy atom. The fourth-order valence-corrected chi connectivity index (χ4v) is 4.41. The molecule has 1 atom stereocenters. The number of carbonyl (C=O) groups is 1. The van der Waals surface area contributed by atoms with Gasteiger partial charge in [0.15, 0.2) is 11.5 Å². The van der Waals surface area contributed by atoms with E-state index < -0.39 is 35.7 Å². The van der Waals surface area contributed by atoms with Gasteiger partial charge in [-0.05, 0) is 37.5 Å². The monoisotopic (exact) mass is 536 g/mol. The van der Waals surface area contributed by atoms with Crippen LogP contribution in [0.15, 0.2) is 36.8 Å². The number of nitrogen functional groups attached to an aromatic ring is 1. The van der Waals surface area contributed by atoms with Crippen molar-refractivity contribution < 1.29 is 31.1 Å². The third-order valence-corrected chi connectivity index (χ3v) is 6.35. The van der Waals surface area contributed by atoms with Crippen molar-refractivity contribution >= 4 is 23.2 Å². The number of nitrogens with one attached hydrogen (secondary N) is 1. The summed E-state index contributed by atoms with van der Waals surface area (Å²) in [7, 11) is 0. The second-order valence-corrected chi connectivity index (χ2v) is 8.88. The van der Waals surface area contributed by atoms with Crippen molar-refractivity contribution in [2.24, 2.45) is 0 Å². The lowest BCUT2D eigenvalue weighted by Crippen LogP contribution is -2.33. The van der Waals surface area contributed by atoms with Crippen molar-refractivity contribution in [1.29, 1.82) is 0 Å². The Bertz CT molecular complexity index is 1550. The van der Waals surface area contributed by atoms with Crippen LogP contribution in [0.2, 0.25) is 0 Å². The zero-order valence-corrected chi connectivity index (χ0v) is 19.5. The van der Waals surface area contributed by atoms with E-state index in [0.29, 0.717) is 0 Å². The van der Waals surface area contributed by atoms with Crippen LogP contribution in [-0.2, 0) is 22.8 Å². The number of alkyl halides is 6. The number of nitrogens with two attached hydrogens (primary N) is 1. The van der Waals surface area contributed by atoms with Crippen molar-refractivity contribution in [3.8, 4) is 11.5 Å². The summed E-state index contributed by atoms with van der Waals surface area (Å²) in [6.07, 6.45) is -7.50. The van der Waals surface area contributed by atoms with E-state index in [0.717, 1.165) is 12.1 Å². The molecule has 0 fully saturated rings. The van der Waals surface area contributed by atoms with Crippen molar-refractivity contribution in [2.45, 2.75) is 44.0 Å². The van der Waals surface area contributed by atoms with E-state index in [9.17, 15) is 31.1 Å². The molecule has 0 bridgehead atoms. The molecule has 0 spiro atoms. The fourth-order valence-electron chi connectivity index (χ4n) is 4.41. The number of nitrogens with zero attached hydrogens (tertiary/aromatic N) is 6. The normalized spacial score (nSPS) is 17.6. The predicted molar refractivity (Wildman–Crippen MR) is 122 cm³/mol. The number of amides is 1. The first-order chi connectivity index (χ1) is 17.8. The lowest BCUT2D eigenvalue weighted by Gasteiger charge is -2.24. The highest BCUT2D eigenvalue weighted by molar-refractivity contribution is 6.09. The molecule has 9 nitrogen and oxygen atoms in total. The maximum atomic E-state index is 13.0. The molecule has 198 valence electrons. The summed E-state index contributed by atoms with van der Waals surface area (Å²) in [4.78, 5) is 30.1. The Labute approximate surface area is 210 Å². The molecule has 0 aliphatic carbocycles. The summed E-state index contributed by atoms with van der Waals surface area (Å²) < 4.78 is 78.3. The fraction of sp³-hybridized carbons (Fsp3) is 0.304. The zero-order chi connectivity index (χ0) is 27.5. The van der Waals surface area contributed by atoms with Crippen LogP contribution in [0.1, 0.15) is 42.1 Å². The molecule has 4 aromatic rings. The van der Waals surface area contributed by atoms with E-state index in [1.54, 1.807) is 0 Å². The molecule has 1 aromatic carbocycles. The van der Waals surface area contributed by atoms with Gasteiger partial charge in [0.25, 0.3) is 0 Å². The first-order valence-corrected chi connectivity index (χ1v) is 11.2. The number of halogens is 6. The molecule has 15 heteroatoms. The van der Waals surface area contributed by atoms with Crippen LogP contribution in [0.25, 0.3) is 17.2 Å². The SMILES string of the molecule is CC1(c2ccc(C(F)(F)F)cc2)C(=O)Nc2nc(-c3cn4ncnc4c(CCCC(F)(F)F)n3)nc(N)c21. The minimum atomic E-state index is -4.55. The van der Waals surface area contributed by atoms with Gasteiger partial charge in [-0.2, -0.15) is 31.4 Å². The minimum absolute atomic E-state index is 0.0345. The Hall–Kier alpha value is -4.30. The van der Waals surface area contributed by atoms with Gasteiger partial charge in [0.2, 0.25) is 5.91 Å². The second kappa shape index (κ2) is 8.63. The van der Waals surface area contributed by atoms with Crippen molar-refractivity contribution in [1.82, 2.24) is 29.5 Å². The lowest BCUT2D eigenvalue weighted by atomic mass is 9.77. The van der Waals surface area contributed by atoms with Crippen molar-refractivity contribution in [3.05, 3.63) is 59.2 Å². The van der Waals surface area contributed by atoms with Crippen molar-refractivity contribution in [2.75, 3.05) is 11.1 Å². The van der Waals surface area contributed by atoms with Gasteiger partial charge in [-0.3, -0.25) is 4.79 Å². The Kier molecular flexibility index (Phi) is 5.76. The average molecular weight is 536 g/mol. The van der Waals surface area contributed by atoms with Gasteiger partial charge in [0, 0.05) is 6.42 Å². The molecule has 3 N–H and O–H groups in total. The Morgan fingerprint density at radius 1 is 1.05 bits per heavy atom. The molecule has 4 heterocycles. The van der Waals surface area contributed by atoms with E-state index >= 15 is 0 Å². The van der Waals surface area contributed by atoms with Crippen LogP contribution in [0, 0.1) is 0 Å². The molecule has 1 aliphatic heterocycles. The second-order valence-electron chi connectivity index (χ2n) is 8.88. The Morgan fingerprint density at radius 3 is 2.42 bits per heavy atom. The first-order valence-electron chi connectivity index (χ1n) is 11.2. The highest BCUT2D eigenvalue weighted by Crippen LogP contribution is 2.45. The lowest BCUT2D eigenvalue weighted by molar-refractivity contribution is -0.137. The molecule has 1 aliphatic rings. The van der Waals surface area contributed by atoms with Gasteiger partial charge in [-0.1, -0.05) is 12.1 Å². The summed E-state index contributed by atoms with van der Waals surface area (Å²) in [5.74, 6) is -0.686. The number of hydrogen-bond donors (Lipinski definition) is 2. The number of benzene rings is 1.